The number of hydrogen-bond acceptors (Lipinski definition) is 6. The molecule has 0 fully saturated rings. The highest BCUT2D eigenvalue weighted by Gasteiger charge is 2.19. The maximum Gasteiger partial charge on any atom is 0.306 e. The molecule has 0 aliphatic rings. The zero-order chi connectivity index (χ0) is 54.3. The van der Waals surface area contributed by atoms with Crippen molar-refractivity contribution in [2.24, 2.45) is 0 Å². The van der Waals surface area contributed by atoms with Gasteiger partial charge in [0.15, 0.2) is 6.10 Å². The third-order valence-electron chi connectivity index (χ3n) is 14.2. The molecule has 6 heteroatoms. The van der Waals surface area contributed by atoms with Crippen molar-refractivity contribution in [2.75, 3.05) is 13.2 Å². The molecule has 0 amide bonds. The molecule has 1 unspecified atom stereocenters. The minimum absolute atomic E-state index is 0.0816. The SMILES string of the molecule is CC/C=C\C/C=C\C/C=C\C/C=C\CCCCCCCCCCC(=O)OCC(COC(=O)CCCCCCC/C=C\C/C=C\CCCCC)OC(=O)CCCCCCCCCCCCCCCCCCCCCCC. The summed E-state index contributed by atoms with van der Waals surface area (Å²) in [7, 11) is 0. The number of carbonyl (C=O) groups is 3. The van der Waals surface area contributed by atoms with E-state index in [2.05, 4.69) is 93.7 Å². The number of allylic oxidation sites excluding steroid dienone is 12. The fourth-order valence-corrected chi connectivity index (χ4v) is 9.35. The lowest BCUT2D eigenvalue weighted by Crippen LogP contribution is -2.30. The Morgan fingerprint density at radius 2 is 0.520 bits per heavy atom. The molecule has 75 heavy (non-hydrogen) atoms. The van der Waals surface area contributed by atoms with Gasteiger partial charge >= 0.3 is 17.9 Å². The van der Waals surface area contributed by atoms with Gasteiger partial charge in [-0.15, -0.1) is 0 Å². The summed E-state index contributed by atoms with van der Waals surface area (Å²) in [5, 5.41) is 0. The summed E-state index contributed by atoms with van der Waals surface area (Å²) >= 11 is 0. The van der Waals surface area contributed by atoms with Crippen molar-refractivity contribution in [1.82, 2.24) is 0 Å². The predicted molar refractivity (Wildman–Crippen MR) is 325 cm³/mol. The van der Waals surface area contributed by atoms with Gasteiger partial charge in [0.25, 0.3) is 0 Å². The lowest BCUT2D eigenvalue weighted by Gasteiger charge is -2.18. The molecule has 0 radical (unpaired) electrons. The number of carbonyl (C=O) groups excluding carboxylic acids is 3. The van der Waals surface area contributed by atoms with E-state index >= 15 is 0 Å². The standard InChI is InChI=1S/C69H122O6/c1-4-7-10-13-16-19-22-25-28-30-32-34-36-38-41-44-47-50-53-56-59-62-68(71)74-65-66(64-73-67(70)61-58-55-52-49-46-43-40-27-24-21-18-15-12-9-6-3)75-69(72)63-60-57-54-51-48-45-42-39-37-35-33-31-29-26-23-20-17-14-11-8-5-2/h7,10,16,18-19,21,25,27-28,32,34,40,66H,4-6,8-9,11-15,17,20,22-24,26,29-31,33,35-39,41-65H2,1-3H3/b10-7-,19-16-,21-18-,28-25-,34-32-,40-27-. The minimum atomic E-state index is -0.784. The van der Waals surface area contributed by atoms with Crippen molar-refractivity contribution >= 4 is 17.9 Å². The Hall–Kier alpha value is -3.15. The Bertz CT molecular complexity index is 1390. The van der Waals surface area contributed by atoms with Crippen LogP contribution in [-0.4, -0.2) is 37.2 Å². The van der Waals surface area contributed by atoms with Crippen LogP contribution in [0.2, 0.25) is 0 Å². The highest BCUT2D eigenvalue weighted by Crippen LogP contribution is 2.17. The topological polar surface area (TPSA) is 78.9 Å². The molecule has 0 aromatic rings. The van der Waals surface area contributed by atoms with Crippen molar-refractivity contribution in [2.45, 2.75) is 335 Å². The summed E-state index contributed by atoms with van der Waals surface area (Å²) in [5.41, 5.74) is 0. The highest BCUT2D eigenvalue weighted by atomic mass is 16.6. The maximum atomic E-state index is 12.9. The third kappa shape index (κ3) is 61.6. The normalized spacial score (nSPS) is 12.5. The number of ether oxygens (including phenoxy) is 3. The Balaban J connectivity index is 4.36. The monoisotopic (exact) mass is 1050 g/mol. The van der Waals surface area contributed by atoms with E-state index in [4.69, 9.17) is 14.2 Å². The number of hydrogen-bond donors (Lipinski definition) is 0. The van der Waals surface area contributed by atoms with Gasteiger partial charge in [-0.05, 0) is 89.9 Å². The third-order valence-corrected chi connectivity index (χ3v) is 14.2. The van der Waals surface area contributed by atoms with Gasteiger partial charge in [0.05, 0.1) is 0 Å². The first-order valence-corrected chi connectivity index (χ1v) is 32.4. The van der Waals surface area contributed by atoms with Gasteiger partial charge in [0, 0.05) is 19.3 Å². The average Bonchev–Trinajstić information content (AvgIpc) is 3.41. The Morgan fingerprint density at radius 3 is 0.840 bits per heavy atom. The molecule has 0 heterocycles. The summed E-state index contributed by atoms with van der Waals surface area (Å²) < 4.78 is 16.9. The summed E-state index contributed by atoms with van der Waals surface area (Å²) in [6, 6.07) is 0. The van der Waals surface area contributed by atoms with Crippen LogP contribution in [0.1, 0.15) is 329 Å². The van der Waals surface area contributed by atoms with Gasteiger partial charge in [-0.2, -0.15) is 0 Å². The van der Waals surface area contributed by atoms with E-state index in [1.54, 1.807) is 0 Å². The van der Waals surface area contributed by atoms with E-state index in [9.17, 15) is 14.4 Å². The summed E-state index contributed by atoms with van der Waals surface area (Å²) in [6.45, 7) is 6.53. The van der Waals surface area contributed by atoms with Crippen molar-refractivity contribution in [3.63, 3.8) is 0 Å². The van der Waals surface area contributed by atoms with E-state index in [-0.39, 0.29) is 31.1 Å². The molecule has 0 aromatic heterocycles. The molecular weight excluding hydrogens is 925 g/mol. The first kappa shape index (κ1) is 71.8. The van der Waals surface area contributed by atoms with Crippen LogP contribution in [0, 0.1) is 0 Å². The van der Waals surface area contributed by atoms with Crippen LogP contribution in [-0.2, 0) is 28.6 Å². The van der Waals surface area contributed by atoms with E-state index in [1.165, 1.54) is 180 Å². The molecular formula is C69H122O6. The molecule has 0 saturated heterocycles. The smallest absolute Gasteiger partial charge is 0.306 e. The second-order valence-corrected chi connectivity index (χ2v) is 21.6. The molecule has 0 aliphatic heterocycles. The van der Waals surface area contributed by atoms with Crippen LogP contribution in [0.15, 0.2) is 72.9 Å². The largest absolute Gasteiger partial charge is 0.462 e. The molecule has 0 bridgehead atoms. The molecule has 0 spiro atoms. The van der Waals surface area contributed by atoms with Crippen LogP contribution < -0.4 is 0 Å². The van der Waals surface area contributed by atoms with E-state index in [0.29, 0.717) is 19.3 Å². The van der Waals surface area contributed by atoms with Gasteiger partial charge in [-0.1, -0.05) is 293 Å². The van der Waals surface area contributed by atoms with Crippen molar-refractivity contribution in [3.05, 3.63) is 72.9 Å². The highest BCUT2D eigenvalue weighted by molar-refractivity contribution is 5.71. The van der Waals surface area contributed by atoms with Crippen LogP contribution >= 0.6 is 0 Å². The number of unbranched alkanes of at least 4 members (excludes halogenated alkanes) is 36. The first-order chi connectivity index (χ1) is 37.0. The van der Waals surface area contributed by atoms with Crippen LogP contribution in [0.5, 0.6) is 0 Å². The van der Waals surface area contributed by atoms with E-state index < -0.39 is 6.10 Å². The van der Waals surface area contributed by atoms with Crippen molar-refractivity contribution in [3.8, 4) is 0 Å². The van der Waals surface area contributed by atoms with Crippen LogP contribution in [0.25, 0.3) is 0 Å². The van der Waals surface area contributed by atoms with Gasteiger partial charge in [0.1, 0.15) is 13.2 Å². The zero-order valence-electron chi connectivity index (χ0n) is 49.8. The Kier molecular flexibility index (Phi) is 60.7. The van der Waals surface area contributed by atoms with E-state index in [0.717, 1.165) is 109 Å². The number of rotatable bonds is 59. The molecule has 0 aliphatic carbocycles. The molecule has 6 nitrogen and oxygen atoms in total. The fraction of sp³-hybridized carbons (Fsp3) is 0.783. The Morgan fingerprint density at radius 1 is 0.280 bits per heavy atom. The summed E-state index contributed by atoms with van der Waals surface area (Å²) in [4.78, 5) is 38.3. The second kappa shape index (κ2) is 63.4. The molecule has 0 rings (SSSR count). The summed E-state index contributed by atoms with van der Waals surface area (Å²) in [6.07, 6.45) is 81.9. The number of esters is 3. The first-order valence-electron chi connectivity index (χ1n) is 32.4. The maximum absolute atomic E-state index is 12.9. The van der Waals surface area contributed by atoms with Gasteiger partial charge in [0.2, 0.25) is 0 Å². The zero-order valence-corrected chi connectivity index (χ0v) is 49.8. The predicted octanol–water partition coefficient (Wildman–Crippen LogP) is 22.1. The van der Waals surface area contributed by atoms with Crippen LogP contribution in [0.4, 0.5) is 0 Å². The molecule has 0 saturated carbocycles. The van der Waals surface area contributed by atoms with Gasteiger partial charge in [-0.3, -0.25) is 14.4 Å². The molecule has 0 N–H and O–H groups in total. The molecule has 434 valence electrons. The van der Waals surface area contributed by atoms with Gasteiger partial charge < -0.3 is 14.2 Å². The average molecular weight is 1050 g/mol. The lowest BCUT2D eigenvalue weighted by atomic mass is 10.0. The minimum Gasteiger partial charge on any atom is -0.462 e. The molecule has 1 atom stereocenters. The van der Waals surface area contributed by atoms with Gasteiger partial charge in [-0.25, -0.2) is 0 Å². The van der Waals surface area contributed by atoms with Crippen molar-refractivity contribution < 1.29 is 28.6 Å². The van der Waals surface area contributed by atoms with Crippen LogP contribution in [0.3, 0.4) is 0 Å². The summed E-state index contributed by atoms with van der Waals surface area (Å²) in [5.74, 6) is -0.885. The van der Waals surface area contributed by atoms with E-state index in [1.807, 2.05) is 0 Å². The molecule has 0 aromatic carbocycles. The van der Waals surface area contributed by atoms with Crippen molar-refractivity contribution in [1.29, 1.82) is 0 Å². The lowest BCUT2D eigenvalue weighted by molar-refractivity contribution is -0.167. The second-order valence-electron chi connectivity index (χ2n) is 21.6. The fourth-order valence-electron chi connectivity index (χ4n) is 9.35. The Labute approximate surface area is 465 Å². The quantitative estimate of drug-likeness (QED) is 0.0261.